The Hall–Kier alpha value is -3.18. The van der Waals surface area contributed by atoms with Crippen molar-refractivity contribution >= 4 is 29.1 Å². The highest BCUT2D eigenvalue weighted by molar-refractivity contribution is 6.34. The van der Waals surface area contributed by atoms with Gasteiger partial charge in [0.1, 0.15) is 0 Å². The zero-order valence-electron chi connectivity index (χ0n) is 13.1. The first-order valence-electron chi connectivity index (χ1n) is 7.68. The van der Waals surface area contributed by atoms with E-state index in [1.165, 1.54) is 0 Å². The number of anilines is 1. The van der Waals surface area contributed by atoms with E-state index in [2.05, 4.69) is 15.4 Å². The van der Waals surface area contributed by atoms with Gasteiger partial charge < -0.3 is 0 Å². The third-order valence-electron chi connectivity index (χ3n) is 3.79. The smallest absolute Gasteiger partial charge is 0.259 e. The van der Waals surface area contributed by atoms with E-state index in [0.29, 0.717) is 16.2 Å². The van der Waals surface area contributed by atoms with Gasteiger partial charge >= 0.3 is 0 Å². The molecule has 0 aliphatic carbocycles. The Kier molecular flexibility index (Phi) is 3.91. The SMILES string of the molecule is O=C(Nc1nc2cc(-c3ccccc3)ccn2n1)c1ccccc1Cl. The van der Waals surface area contributed by atoms with Gasteiger partial charge in [0.25, 0.3) is 5.91 Å². The first-order chi connectivity index (χ1) is 12.2. The van der Waals surface area contributed by atoms with Gasteiger partial charge in [-0.25, -0.2) is 4.52 Å². The maximum absolute atomic E-state index is 12.3. The minimum absolute atomic E-state index is 0.232. The van der Waals surface area contributed by atoms with Crippen LogP contribution in [-0.4, -0.2) is 20.5 Å². The standard InChI is InChI=1S/C19H13ClN4O/c20-16-9-5-4-8-15(16)18(25)22-19-21-17-12-14(10-11-24(17)23-19)13-6-2-1-3-7-13/h1-12H,(H,22,23,25). The van der Waals surface area contributed by atoms with Gasteiger partial charge in [0.05, 0.1) is 10.6 Å². The molecule has 0 spiro atoms. The molecule has 0 bridgehead atoms. The monoisotopic (exact) mass is 348 g/mol. The number of hydrogen-bond donors (Lipinski definition) is 1. The lowest BCUT2D eigenvalue weighted by molar-refractivity contribution is 0.102. The summed E-state index contributed by atoms with van der Waals surface area (Å²) in [5, 5.41) is 7.34. The largest absolute Gasteiger partial charge is 0.289 e. The molecule has 0 saturated carbocycles. The highest BCUT2D eigenvalue weighted by Crippen LogP contribution is 2.21. The highest BCUT2D eigenvalue weighted by atomic mass is 35.5. The van der Waals surface area contributed by atoms with E-state index in [9.17, 15) is 4.79 Å². The number of rotatable bonds is 3. The number of amides is 1. The lowest BCUT2D eigenvalue weighted by Crippen LogP contribution is -2.13. The summed E-state index contributed by atoms with van der Waals surface area (Å²) in [5.74, 6) is -0.111. The number of fused-ring (bicyclic) bond motifs is 1. The third kappa shape index (κ3) is 3.09. The third-order valence-corrected chi connectivity index (χ3v) is 4.12. The van der Waals surface area contributed by atoms with Crippen LogP contribution < -0.4 is 5.32 Å². The van der Waals surface area contributed by atoms with Crippen LogP contribution in [0.4, 0.5) is 5.95 Å². The van der Waals surface area contributed by atoms with Gasteiger partial charge in [-0.05, 0) is 35.4 Å². The van der Waals surface area contributed by atoms with Crippen molar-refractivity contribution in [3.8, 4) is 11.1 Å². The molecule has 122 valence electrons. The van der Waals surface area contributed by atoms with Gasteiger partial charge in [-0.2, -0.15) is 4.98 Å². The normalized spacial score (nSPS) is 10.8. The number of carbonyl (C=O) groups excluding carboxylic acids is 1. The molecule has 0 fully saturated rings. The van der Waals surface area contributed by atoms with Crippen LogP contribution in [0.5, 0.6) is 0 Å². The Balaban J connectivity index is 1.63. The molecule has 0 aliphatic heterocycles. The molecular weight excluding hydrogens is 336 g/mol. The zero-order valence-corrected chi connectivity index (χ0v) is 13.8. The van der Waals surface area contributed by atoms with E-state index in [1.807, 2.05) is 48.7 Å². The summed E-state index contributed by atoms with van der Waals surface area (Å²) in [7, 11) is 0. The van der Waals surface area contributed by atoms with Crippen molar-refractivity contribution in [1.82, 2.24) is 14.6 Å². The number of pyridine rings is 1. The average molecular weight is 349 g/mol. The molecule has 1 N–H and O–H groups in total. The fraction of sp³-hybridized carbons (Fsp3) is 0. The van der Waals surface area contributed by atoms with E-state index >= 15 is 0 Å². The van der Waals surface area contributed by atoms with Crippen LogP contribution in [-0.2, 0) is 0 Å². The number of nitrogens with one attached hydrogen (secondary N) is 1. The van der Waals surface area contributed by atoms with E-state index in [-0.39, 0.29) is 11.9 Å². The van der Waals surface area contributed by atoms with E-state index < -0.39 is 0 Å². The number of nitrogens with zero attached hydrogens (tertiary/aromatic N) is 3. The average Bonchev–Trinajstić information content (AvgIpc) is 3.04. The fourth-order valence-corrected chi connectivity index (χ4v) is 2.78. The molecule has 2 heterocycles. The minimum atomic E-state index is -0.343. The summed E-state index contributed by atoms with van der Waals surface area (Å²) >= 11 is 6.05. The molecular formula is C19H13ClN4O. The van der Waals surface area contributed by atoms with E-state index in [0.717, 1.165) is 11.1 Å². The summed E-state index contributed by atoms with van der Waals surface area (Å²) in [6, 6.07) is 20.7. The molecule has 6 heteroatoms. The van der Waals surface area contributed by atoms with Gasteiger partial charge in [0.15, 0.2) is 5.65 Å². The molecule has 0 aliphatic rings. The number of carbonyl (C=O) groups is 1. The second-order valence-electron chi connectivity index (χ2n) is 5.45. The van der Waals surface area contributed by atoms with E-state index in [1.54, 1.807) is 28.8 Å². The molecule has 4 aromatic rings. The summed E-state index contributed by atoms with van der Waals surface area (Å²) in [4.78, 5) is 16.7. The first-order valence-corrected chi connectivity index (χ1v) is 8.06. The number of halogens is 1. The Bertz CT molecular complexity index is 1060. The molecule has 0 radical (unpaired) electrons. The topological polar surface area (TPSA) is 59.3 Å². The van der Waals surface area contributed by atoms with Crippen molar-refractivity contribution < 1.29 is 4.79 Å². The van der Waals surface area contributed by atoms with Crippen LogP contribution >= 0.6 is 11.6 Å². The maximum atomic E-state index is 12.3. The van der Waals surface area contributed by atoms with Crippen molar-refractivity contribution in [1.29, 1.82) is 0 Å². The van der Waals surface area contributed by atoms with E-state index in [4.69, 9.17) is 11.6 Å². The highest BCUT2D eigenvalue weighted by Gasteiger charge is 2.13. The van der Waals surface area contributed by atoms with Gasteiger partial charge in [0.2, 0.25) is 5.95 Å². The second kappa shape index (κ2) is 6.37. The van der Waals surface area contributed by atoms with Crippen LogP contribution in [0.25, 0.3) is 16.8 Å². The van der Waals surface area contributed by atoms with Gasteiger partial charge in [0, 0.05) is 6.20 Å². The maximum Gasteiger partial charge on any atom is 0.259 e. The van der Waals surface area contributed by atoms with Crippen LogP contribution in [0.1, 0.15) is 10.4 Å². The predicted molar refractivity (Wildman–Crippen MR) is 97.8 cm³/mol. The molecule has 2 aromatic heterocycles. The summed E-state index contributed by atoms with van der Waals surface area (Å²) in [6.45, 7) is 0. The molecule has 0 unspecified atom stereocenters. The first kappa shape index (κ1) is 15.4. The lowest BCUT2D eigenvalue weighted by Gasteiger charge is -2.02. The zero-order chi connectivity index (χ0) is 17.2. The van der Waals surface area contributed by atoms with Crippen molar-refractivity contribution in [2.24, 2.45) is 0 Å². The molecule has 5 nitrogen and oxygen atoms in total. The molecule has 2 aromatic carbocycles. The Morgan fingerprint density at radius 2 is 1.72 bits per heavy atom. The fourth-order valence-electron chi connectivity index (χ4n) is 2.56. The summed E-state index contributed by atoms with van der Waals surface area (Å²) in [5.41, 5.74) is 3.16. The van der Waals surface area contributed by atoms with Crippen molar-refractivity contribution in [2.75, 3.05) is 5.32 Å². The van der Waals surface area contributed by atoms with Crippen LogP contribution in [0.15, 0.2) is 72.9 Å². The minimum Gasteiger partial charge on any atom is -0.289 e. The molecule has 0 saturated heterocycles. The number of aromatic nitrogens is 3. The lowest BCUT2D eigenvalue weighted by atomic mass is 10.1. The Morgan fingerprint density at radius 1 is 0.960 bits per heavy atom. The van der Waals surface area contributed by atoms with Crippen molar-refractivity contribution in [3.05, 3.63) is 83.5 Å². The number of hydrogen-bond acceptors (Lipinski definition) is 3. The van der Waals surface area contributed by atoms with Crippen molar-refractivity contribution in [2.45, 2.75) is 0 Å². The van der Waals surface area contributed by atoms with Gasteiger partial charge in [-0.3, -0.25) is 10.1 Å². The molecule has 1 amide bonds. The van der Waals surface area contributed by atoms with Gasteiger partial charge in [-0.15, -0.1) is 5.10 Å². The Morgan fingerprint density at radius 3 is 2.52 bits per heavy atom. The van der Waals surface area contributed by atoms with Crippen LogP contribution in [0.3, 0.4) is 0 Å². The quantitative estimate of drug-likeness (QED) is 0.600. The summed E-state index contributed by atoms with van der Waals surface area (Å²) < 4.78 is 1.62. The predicted octanol–water partition coefficient (Wildman–Crippen LogP) is 4.30. The van der Waals surface area contributed by atoms with Crippen molar-refractivity contribution in [3.63, 3.8) is 0 Å². The van der Waals surface area contributed by atoms with Crippen LogP contribution in [0.2, 0.25) is 5.02 Å². The van der Waals surface area contributed by atoms with Crippen LogP contribution in [0, 0.1) is 0 Å². The molecule has 25 heavy (non-hydrogen) atoms. The Labute approximate surface area is 148 Å². The molecule has 4 rings (SSSR count). The van der Waals surface area contributed by atoms with Gasteiger partial charge in [-0.1, -0.05) is 54.1 Å². The molecule has 0 atom stereocenters. The summed E-state index contributed by atoms with van der Waals surface area (Å²) in [6.07, 6.45) is 1.82. The second-order valence-corrected chi connectivity index (χ2v) is 5.86. The number of benzene rings is 2.